The van der Waals surface area contributed by atoms with E-state index in [-0.39, 0.29) is 23.8 Å². The number of benzene rings is 3. The molecular formula is C35H40Cl2F3N5O3. The second-order valence-corrected chi connectivity index (χ2v) is 13.2. The van der Waals surface area contributed by atoms with E-state index in [1.54, 1.807) is 36.1 Å². The Hall–Kier alpha value is -2.90. The van der Waals surface area contributed by atoms with Gasteiger partial charge >= 0.3 is 6.18 Å². The Balaban J connectivity index is 1.37. The summed E-state index contributed by atoms with van der Waals surface area (Å²) in [5.41, 5.74) is -0.502. The lowest BCUT2D eigenvalue weighted by atomic mass is 9.94. The first kappa shape index (κ1) is 34.9. The zero-order chi connectivity index (χ0) is 33.9. The fraction of sp³-hybridized carbons (Fsp3) is 0.457. The maximum atomic E-state index is 15.0. The molecule has 0 aliphatic carbocycles. The van der Waals surface area contributed by atoms with Crippen molar-refractivity contribution in [2.45, 2.75) is 30.8 Å². The first-order chi connectivity index (χ1) is 23.1. The van der Waals surface area contributed by atoms with Gasteiger partial charge in [0.05, 0.1) is 37.5 Å². The van der Waals surface area contributed by atoms with Crippen molar-refractivity contribution in [3.8, 4) is 5.75 Å². The Kier molecular flexibility index (Phi) is 10.9. The molecule has 3 heterocycles. The third-order valence-corrected chi connectivity index (χ3v) is 9.87. The van der Waals surface area contributed by atoms with Crippen LogP contribution in [0.4, 0.5) is 13.2 Å². The Morgan fingerprint density at radius 1 is 0.833 bits per heavy atom. The van der Waals surface area contributed by atoms with Gasteiger partial charge in [0.15, 0.2) is 5.66 Å². The van der Waals surface area contributed by atoms with E-state index in [2.05, 4.69) is 20.4 Å². The van der Waals surface area contributed by atoms with Gasteiger partial charge in [-0.25, -0.2) is 0 Å². The number of halogens is 5. The quantitative estimate of drug-likeness (QED) is 0.296. The number of hydrogen-bond donors (Lipinski definition) is 2. The summed E-state index contributed by atoms with van der Waals surface area (Å²) in [5, 5.41) is 8.28. The van der Waals surface area contributed by atoms with Crippen LogP contribution in [0.2, 0.25) is 10.0 Å². The zero-order valence-electron chi connectivity index (χ0n) is 26.7. The van der Waals surface area contributed by atoms with Crippen LogP contribution in [0, 0.1) is 0 Å². The predicted octanol–water partition coefficient (Wildman–Crippen LogP) is 5.72. The summed E-state index contributed by atoms with van der Waals surface area (Å²) in [6.07, 6.45) is -4.59. The molecule has 8 nitrogen and oxygen atoms in total. The standard InChI is InChI=1S/C35H40Cl2F3N5O3/c1-2-48-30-23-26(35(38,39)40)7-12-29(30)34(33(46)45-17-15-43(16-18-45)13-14-44-19-21-47-22-20-44)41-31(24-3-8-27(36)9-4-24)32(42-34)25-5-10-28(37)11-6-25/h3-12,23,31-32,41-42H,2,13-22H2,1H3. The van der Waals surface area contributed by atoms with E-state index >= 15 is 0 Å². The van der Waals surface area contributed by atoms with E-state index in [0.29, 0.717) is 36.2 Å². The Labute approximate surface area is 289 Å². The number of carbonyl (C=O) groups excluding carboxylic acids is 1. The fourth-order valence-electron chi connectivity index (χ4n) is 6.76. The van der Waals surface area contributed by atoms with Gasteiger partial charge in [0.2, 0.25) is 0 Å². The van der Waals surface area contributed by atoms with Gasteiger partial charge in [0.25, 0.3) is 5.91 Å². The summed E-state index contributed by atoms with van der Waals surface area (Å²) in [5.74, 6) is -0.303. The van der Waals surface area contributed by atoms with Crippen molar-refractivity contribution in [3.05, 3.63) is 99.0 Å². The molecule has 0 saturated carbocycles. The molecule has 0 aromatic heterocycles. The zero-order valence-corrected chi connectivity index (χ0v) is 28.3. The molecule has 1 amide bonds. The van der Waals surface area contributed by atoms with Gasteiger partial charge in [0, 0.05) is 68.0 Å². The van der Waals surface area contributed by atoms with Crippen LogP contribution >= 0.6 is 23.2 Å². The number of alkyl halides is 3. The molecule has 6 rings (SSSR count). The smallest absolute Gasteiger partial charge is 0.416 e. The number of ether oxygens (including phenoxy) is 2. The average Bonchev–Trinajstić information content (AvgIpc) is 3.50. The molecule has 13 heteroatoms. The third-order valence-electron chi connectivity index (χ3n) is 9.36. The highest BCUT2D eigenvalue weighted by Crippen LogP contribution is 2.46. The summed E-state index contributed by atoms with van der Waals surface area (Å²) in [6.45, 7) is 9.24. The minimum atomic E-state index is -4.59. The number of nitrogens with zero attached hydrogens (tertiary/aromatic N) is 3. The second-order valence-electron chi connectivity index (χ2n) is 12.3. The van der Waals surface area contributed by atoms with Crippen LogP contribution < -0.4 is 15.4 Å². The summed E-state index contributed by atoms with van der Waals surface area (Å²) in [7, 11) is 0. The molecule has 0 spiro atoms. The molecule has 48 heavy (non-hydrogen) atoms. The van der Waals surface area contributed by atoms with E-state index < -0.39 is 29.5 Å². The number of piperazine rings is 1. The number of nitrogens with one attached hydrogen (secondary N) is 2. The highest BCUT2D eigenvalue weighted by Gasteiger charge is 2.54. The van der Waals surface area contributed by atoms with Gasteiger partial charge < -0.3 is 14.4 Å². The molecule has 2 atom stereocenters. The van der Waals surface area contributed by atoms with Crippen molar-refractivity contribution in [2.75, 3.05) is 72.2 Å². The molecule has 3 saturated heterocycles. The van der Waals surface area contributed by atoms with Gasteiger partial charge in [-0.3, -0.25) is 25.2 Å². The van der Waals surface area contributed by atoms with Gasteiger partial charge in [-0.2, -0.15) is 13.2 Å². The average molecular weight is 707 g/mol. The van der Waals surface area contributed by atoms with E-state index in [1.165, 1.54) is 6.07 Å². The van der Waals surface area contributed by atoms with E-state index in [1.807, 2.05) is 24.3 Å². The van der Waals surface area contributed by atoms with Crippen LogP contribution in [0.3, 0.4) is 0 Å². The van der Waals surface area contributed by atoms with Crippen molar-refractivity contribution in [3.63, 3.8) is 0 Å². The minimum absolute atomic E-state index is 0.0172. The molecule has 0 bridgehead atoms. The van der Waals surface area contributed by atoms with E-state index in [4.69, 9.17) is 32.7 Å². The molecule has 3 fully saturated rings. The van der Waals surface area contributed by atoms with Crippen molar-refractivity contribution in [1.29, 1.82) is 0 Å². The first-order valence-corrected chi connectivity index (χ1v) is 17.1. The van der Waals surface area contributed by atoms with Gasteiger partial charge in [-0.1, -0.05) is 53.5 Å². The number of rotatable bonds is 9. The molecule has 2 N–H and O–H groups in total. The highest BCUT2D eigenvalue weighted by molar-refractivity contribution is 6.30. The van der Waals surface area contributed by atoms with Gasteiger partial charge in [-0.15, -0.1) is 0 Å². The van der Waals surface area contributed by atoms with Crippen LogP contribution in [0.15, 0.2) is 66.7 Å². The van der Waals surface area contributed by atoms with E-state index in [0.717, 1.165) is 62.7 Å². The van der Waals surface area contributed by atoms with Crippen LogP contribution in [-0.4, -0.2) is 92.8 Å². The molecular weight excluding hydrogens is 666 g/mol. The lowest BCUT2D eigenvalue weighted by Gasteiger charge is -2.41. The van der Waals surface area contributed by atoms with Crippen molar-refractivity contribution in [1.82, 2.24) is 25.3 Å². The normalized spacial score (nSPS) is 24.2. The maximum absolute atomic E-state index is 15.0. The predicted molar refractivity (Wildman–Crippen MR) is 179 cm³/mol. The lowest BCUT2D eigenvalue weighted by Crippen LogP contribution is -2.62. The first-order valence-electron chi connectivity index (χ1n) is 16.3. The van der Waals surface area contributed by atoms with Crippen LogP contribution in [-0.2, 0) is 21.4 Å². The Morgan fingerprint density at radius 2 is 1.35 bits per heavy atom. The lowest BCUT2D eigenvalue weighted by molar-refractivity contribution is -0.141. The van der Waals surface area contributed by atoms with Crippen LogP contribution in [0.1, 0.15) is 41.3 Å². The molecule has 0 radical (unpaired) electrons. The topological polar surface area (TPSA) is 69.3 Å². The molecule has 3 aliphatic heterocycles. The van der Waals surface area contributed by atoms with Crippen molar-refractivity contribution in [2.24, 2.45) is 0 Å². The van der Waals surface area contributed by atoms with Gasteiger partial charge in [0.1, 0.15) is 5.75 Å². The minimum Gasteiger partial charge on any atom is -0.493 e. The third kappa shape index (κ3) is 7.62. The SMILES string of the molecule is CCOc1cc(C(F)(F)F)ccc1C1(C(=O)N2CCN(CCN3CCOCC3)CC2)NC(c2ccc(Cl)cc2)C(c2ccc(Cl)cc2)N1. The molecule has 3 aromatic rings. The number of morpholine rings is 1. The highest BCUT2D eigenvalue weighted by atomic mass is 35.5. The van der Waals surface area contributed by atoms with E-state index in [9.17, 15) is 18.0 Å². The Bertz CT molecular complexity index is 1490. The van der Waals surface area contributed by atoms with Crippen LogP contribution in [0.5, 0.6) is 5.75 Å². The number of amides is 1. The summed E-state index contributed by atoms with van der Waals surface area (Å²) in [4.78, 5) is 21.5. The summed E-state index contributed by atoms with van der Waals surface area (Å²) >= 11 is 12.5. The molecule has 258 valence electrons. The second kappa shape index (κ2) is 14.9. The largest absolute Gasteiger partial charge is 0.493 e. The van der Waals surface area contributed by atoms with Crippen molar-refractivity contribution < 1.29 is 27.4 Å². The number of carbonyl (C=O) groups is 1. The van der Waals surface area contributed by atoms with Crippen LogP contribution in [0.25, 0.3) is 0 Å². The maximum Gasteiger partial charge on any atom is 0.416 e. The fourth-order valence-corrected chi connectivity index (χ4v) is 7.02. The monoisotopic (exact) mass is 705 g/mol. The Morgan fingerprint density at radius 3 is 1.85 bits per heavy atom. The molecule has 3 aliphatic rings. The summed E-state index contributed by atoms with van der Waals surface area (Å²) in [6, 6.07) is 17.0. The molecule has 3 aromatic carbocycles. The summed E-state index contributed by atoms with van der Waals surface area (Å²) < 4.78 is 53.1. The number of hydrogen-bond acceptors (Lipinski definition) is 7. The van der Waals surface area contributed by atoms with Crippen molar-refractivity contribution >= 4 is 29.1 Å². The van der Waals surface area contributed by atoms with Gasteiger partial charge in [-0.05, 0) is 54.4 Å². The molecule has 2 unspecified atom stereocenters.